The Balaban J connectivity index is 3.03. The first kappa shape index (κ1) is 12.9. The van der Waals surface area contributed by atoms with E-state index < -0.39 is 0 Å². The summed E-state index contributed by atoms with van der Waals surface area (Å²) in [5.74, 6) is 0.862. The monoisotopic (exact) mass is 186 g/mol. The van der Waals surface area contributed by atoms with E-state index in [1.807, 2.05) is 0 Å². The second-order valence-corrected chi connectivity index (χ2v) is 4.03. The lowest BCUT2D eigenvalue weighted by Gasteiger charge is -2.09. The summed E-state index contributed by atoms with van der Waals surface area (Å²) in [6.07, 6.45) is 9.06. The van der Waals surface area contributed by atoms with Gasteiger partial charge in [0.2, 0.25) is 0 Å². The van der Waals surface area contributed by atoms with Gasteiger partial charge in [0.25, 0.3) is 0 Å². The number of unbranched alkanes of at least 4 members (excludes halogenated alkanes) is 3. The third-order valence-electron chi connectivity index (χ3n) is 2.55. The molecule has 0 aliphatic rings. The molecule has 0 aromatic carbocycles. The molecule has 0 aromatic rings. The average Bonchev–Trinajstić information content (AvgIpc) is 2.14. The molecular formula is C11H26N2. The molecule has 1 atom stereocenters. The Bertz CT molecular complexity index is 94.1. The standard InChI is InChI=1S/C11H26N2/c1-11(8-6-10-13)7-4-2-3-5-9-12/h11H,2-10,12-13H2,1H3. The van der Waals surface area contributed by atoms with Gasteiger partial charge in [-0.1, -0.05) is 32.6 Å². The molecular weight excluding hydrogens is 160 g/mol. The predicted molar refractivity (Wildman–Crippen MR) is 59.6 cm³/mol. The highest BCUT2D eigenvalue weighted by Gasteiger charge is 2.00. The zero-order valence-electron chi connectivity index (χ0n) is 9.10. The fraction of sp³-hybridized carbons (Fsp3) is 1.00. The predicted octanol–water partition coefficient (Wildman–Crippen LogP) is 2.27. The van der Waals surface area contributed by atoms with Gasteiger partial charge in [0.1, 0.15) is 0 Å². The van der Waals surface area contributed by atoms with Gasteiger partial charge in [0.05, 0.1) is 0 Å². The minimum Gasteiger partial charge on any atom is -0.330 e. The van der Waals surface area contributed by atoms with Crippen LogP contribution in [0.15, 0.2) is 0 Å². The minimum atomic E-state index is 0.845. The van der Waals surface area contributed by atoms with Crippen molar-refractivity contribution in [3.05, 3.63) is 0 Å². The fourth-order valence-corrected chi connectivity index (χ4v) is 1.60. The van der Waals surface area contributed by atoms with Crippen LogP contribution in [0.3, 0.4) is 0 Å². The lowest BCUT2D eigenvalue weighted by Crippen LogP contribution is -2.03. The molecule has 0 saturated heterocycles. The van der Waals surface area contributed by atoms with Gasteiger partial charge in [0.15, 0.2) is 0 Å². The van der Waals surface area contributed by atoms with Crippen molar-refractivity contribution >= 4 is 0 Å². The highest BCUT2D eigenvalue weighted by molar-refractivity contribution is 4.55. The van der Waals surface area contributed by atoms with E-state index in [9.17, 15) is 0 Å². The lowest BCUT2D eigenvalue weighted by atomic mass is 9.98. The van der Waals surface area contributed by atoms with Gasteiger partial charge >= 0.3 is 0 Å². The maximum atomic E-state index is 5.46. The molecule has 80 valence electrons. The highest BCUT2D eigenvalue weighted by Crippen LogP contribution is 2.14. The van der Waals surface area contributed by atoms with Crippen LogP contribution in [0.4, 0.5) is 0 Å². The molecule has 2 nitrogen and oxygen atoms in total. The van der Waals surface area contributed by atoms with E-state index >= 15 is 0 Å². The normalized spacial score (nSPS) is 13.2. The van der Waals surface area contributed by atoms with Crippen LogP contribution in [0, 0.1) is 5.92 Å². The Labute approximate surface area is 83.1 Å². The fourth-order valence-electron chi connectivity index (χ4n) is 1.60. The Kier molecular flexibility index (Phi) is 9.94. The van der Waals surface area contributed by atoms with Crippen molar-refractivity contribution in [2.45, 2.75) is 51.9 Å². The first-order valence-electron chi connectivity index (χ1n) is 5.71. The summed E-state index contributed by atoms with van der Waals surface area (Å²) in [6, 6.07) is 0. The lowest BCUT2D eigenvalue weighted by molar-refractivity contribution is 0.449. The van der Waals surface area contributed by atoms with Crippen molar-refractivity contribution in [2.75, 3.05) is 13.1 Å². The molecule has 0 bridgehead atoms. The van der Waals surface area contributed by atoms with Gasteiger partial charge < -0.3 is 11.5 Å². The molecule has 0 saturated carbocycles. The minimum absolute atomic E-state index is 0.845. The van der Waals surface area contributed by atoms with Gasteiger partial charge in [0, 0.05) is 0 Å². The Morgan fingerprint density at radius 1 is 0.769 bits per heavy atom. The average molecular weight is 186 g/mol. The van der Waals surface area contributed by atoms with Crippen molar-refractivity contribution in [3.63, 3.8) is 0 Å². The van der Waals surface area contributed by atoms with E-state index in [-0.39, 0.29) is 0 Å². The topological polar surface area (TPSA) is 52.0 Å². The summed E-state index contributed by atoms with van der Waals surface area (Å²) in [5.41, 5.74) is 10.9. The van der Waals surface area contributed by atoms with Gasteiger partial charge in [-0.2, -0.15) is 0 Å². The van der Waals surface area contributed by atoms with Crippen molar-refractivity contribution in [1.29, 1.82) is 0 Å². The summed E-state index contributed by atoms with van der Waals surface area (Å²) >= 11 is 0. The number of hydrogen-bond donors (Lipinski definition) is 2. The molecule has 0 heterocycles. The first-order valence-corrected chi connectivity index (χ1v) is 5.71. The quantitative estimate of drug-likeness (QED) is 0.543. The smallest absolute Gasteiger partial charge is 0.00772 e. The molecule has 0 amide bonds. The van der Waals surface area contributed by atoms with Gasteiger partial charge in [-0.3, -0.25) is 0 Å². The van der Waals surface area contributed by atoms with E-state index in [1.54, 1.807) is 0 Å². The number of hydrogen-bond acceptors (Lipinski definition) is 2. The Hall–Kier alpha value is -0.0800. The van der Waals surface area contributed by atoms with Crippen LogP contribution < -0.4 is 11.5 Å². The van der Waals surface area contributed by atoms with Crippen molar-refractivity contribution in [1.82, 2.24) is 0 Å². The van der Waals surface area contributed by atoms with E-state index in [2.05, 4.69) is 6.92 Å². The first-order chi connectivity index (χ1) is 6.31. The largest absolute Gasteiger partial charge is 0.330 e. The summed E-state index contributed by atoms with van der Waals surface area (Å²) in [7, 11) is 0. The Morgan fingerprint density at radius 2 is 1.31 bits per heavy atom. The second-order valence-electron chi connectivity index (χ2n) is 4.03. The van der Waals surface area contributed by atoms with Crippen LogP contribution in [0.2, 0.25) is 0 Å². The molecule has 0 spiro atoms. The molecule has 0 radical (unpaired) electrons. The molecule has 0 aliphatic carbocycles. The van der Waals surface area contributed by atoms with E-state index in [0.29, 0.717) is 0 Å². The highest BCUT2D eigenvalue weighted by atomic mass is 14.5. The molecule has 0 rings (SSSR count). The van der Waals surface area contributed by atoms with Crippen LogP contribution in [0.1, 0.15) is 51.9 Å². The summed E-state index contributed by atoms with van der Waals surface area (Å²) in [5, 5.41) is 0. The van der Waals surface area contributed by atoms with Crippen molar-refractivity contribution < 1.29 is 0 Å². The molecule has 0 aliphatic heterocycles. The molecule has 1 unspecified atom stereocenters. The number of rotatable bonds is 9. The number of nitrogens with two attached hydrogens (primary N) is 2. The Morgan fingerprint density at radius 3 is 1.92 bits per heavy atom. The van der Waals surface area contributed by atoms with Crippen LogP contribution >= 0.6 is 0 Å². The maximum absolute atomic E-state index is 5.46. The molecule has 13 heavy (non-hydrogen) atoms. The summed E-state index contributed by atoms with van der Waals surface area (Å²) < 4.78 is 0. The zero-order valence-corrected chi connectivity index (χ0v) is 9.10. The third-order valence-corrected chi connectivity index (χ3v) is 2.55. The summed E-state index contributed by atoms with van der Waals surface area (Å²) in [6.45, 7) is 4.03. The zero-order chi connectivity index (χ0) is 9.94. The molecule has 4 N–H and O–H groups in total. The molecule has 0 fully saturated rings. The van der Waals surface area contributed by atoms with Crippen LogP contribution in [0.25, 0.3) is 0 Å². The van der Waals surface area contributed by atoms with Crippen LogP contribution in [-0.2, 0) is 0 Å². The second kappa shape index (κ2) is 10.0. The molecule has 0 aromatic heterocycles. The molecule has 2 heteroatoms. The van der Waals surface area contributed by atoms with Gasteiger partial charge in [-0.15, -0.1) is 0 Å². The van der Waals surface area contributed by atoms with Crippen molar-refractivity contribution in [2.24, 2.45) is 17.4 Å². The maximum Gasteiger partial charge on any atom is -0.00772 e. The van der Waals surface area contributed by atoms with Crippen molar-refractivity contribution in [3.8, 4) is 0 Å². The van der Waals surface area contributed by atoms with E-state index in [1.165, 1.54) is 44.9 Å². The van der Waals surface area contributed by atoms with Gasteiger partial charge in [-0.05, 0) is 38.3 Å². The van der Waals surface area contributed by atoms with E-state index in [0.717, 1.165) is 19.0 Å². The summed E-state index contributed by atoms with van der Waals surface area (Å²) in [4.78, 5) is 0. The third kappa shape index (κ3) is 9.84. The SMILES string of the molecule is CC(CCCN)CCCCCCN. The van der Waals surface area contributed by atoms with Crippen LogP contribution in [-0.4, -0.2) is 13.1 Å². The van der Waals surface area contributed by atoms with E-state index in [4.69, 9.17) is 11.5 Å². The van der Waals surface area contributed by atoms with Crippen LogP contribution in [0.5, 0.6) is 0 Å². The van der Waals surface area contributed by atoms with Gasteiger partial charge in [-0.25, -0.2) is 0 Å².